The first-order valence-electron chi connectivity index (χ1n) is 5.63. The highest BCUT2D eigenvalue weighted by Crippen LogP contribution is 2.24. The second-order valence-corrected chi connectivity index (χ2v) is 4.10. The Hall–Kier alpha value is -1.25. The molecule has 82 valence electrons. The van der Waals surface area contributed by atoms with Crippen LogP contribution in [0.15, 0.2) is 18.2 Å². The van der Waals surface area contributed by atoms with Crippen LogP contribution in [-0.4, -0.2) is 18.6 Å². The first kappa shape index (κ1) is 10.3. The topological polar surface area (TPSA) is 34.1 Å². The van der Waals surface area contributed by atoms with E-state index in [1.807, 2.05) is 18.2 Å². The molecule has 1 N–H and O–H groups in total. The summed E-state index contributed by atoms with van der Waals surface area (Å²) in [5.41, 5.74) is 0. The summed E-state index contributed by atoms with van der Waals surface area (Å²) in [5, 5.41) is 3.37. The van der Waals surface area contributed by atoms with Crippen molar-refractivity contribution in [2.75, 3.05) is 19.0 Å². The maximum absolute atomic E-state index is 5.08. The van der Waals surface area contributed by atoms with Gasteiger partial charge < -0.3 is 10.1 Å². The summed E-state index contributed by atoms with van der Waals surface area (Å²) < 4.78 is 5.08. The number of methoxy groups -OCH3 is 1. The van der Waals surface area contributed by atoms with Crippen molar-refractivity contribution in [3.05, 3.63) is 18.2 Å². The second-order valence-electron chi connectivity index (χ2n) is 4.10. The predicted octanol–water partition coefficient (Wildman–Crippen LogP) is 2.69. The first-order chi connectivity index (χ1) is 7.38. The van der Waals surface area contributed by atoms with E-state index in [9.17, 15) is 0 Å². The van der Waals surface area contributed by atoms with E-state index in [2.05, 4.69) is 10.3 Å². The Morgan fingerprint density at radius 2 is 2.20 bits per heavy atom. The Kier molecular flexibility index (Phi) is 3.43. The van der Waals surface area contributed by atoms with Gasteiger partial charge in [0.2, 0.25) is 5.88 Å². The number of ether oxygens (including phenoxy) is 1. The summed E-state index contributed by atoms with van der Waals surface area (Å²) in [5.74, 6) is 2.42. The number of hydrogen-bond donors (Lipinski definition) is 1. The molecular formula is C12H18N2O. The molecule has 2 rings (SSSR count). The smallest absolute Gasteiger partial charge is 0.214 e. The molecule has 3 nitrogen and oxygen atoms in total. The molecule has 1 aliphatic rings. The lowest BCUT2D eigenvalue weighted by Gasteiger charge is -2.11. The largest absolute Gasteiger partial charge is 0.481 e. The Bertz CT molecular complexity index is 308. The van der Waals surface area contributed by atoms with Crippen LogP contribution in [0, 0.1) is 5.92 Å². The fourth-order valence-electron chi connectivity index (χ4n) is 2.09. The number of pyridine rings is 1. The average Bonchev–Trinajstić information content (AvgIpc) is 2.79. The number of hydrogen-bond acceptors (Lipinski definition) is 3. The number of rotatable bonds is 4. The van der Waals surface area contributed by atoms with Crippen LogP contribution in [0.5, 0.6) is 5.88 Å². The Morgan fingerprint density at radius 3 is 2.93 bits per heavy atom. The minimum atomic E-state index is 0.673. The summed E-state index contributed by atoms with van der Waals surface area (Å²) in [7, 11) is 1.64. The van der Waals surface area contributed by atoms with Gasteiger partial charge in [-0.2, -0.15) is 4.98 Å². The van der Waals surface area contributed by atoms with Gasteiger partial charge in [0.25, 0.3) is 0 Å². The minimum Gasteiger partial charge on any atom is -0.481 e. The van der Waals surface area contributed by atoms with Crippen LogP contribution >= 0.6 is 0 Å². The molecule has 1 aromatic rings. The maximum Gasteiger partial charge on any atom is 0.214 e. The van der Waals surface area contributed by atoms with Gasteiger partial charge in [-0.05, 0) is 24.8 Å². The summed E-state index contributed by atoms with van der Waals surface area (Å²) in [6.45, 7) is 1.04. The molecule has 0 saturated heterocycles. The molecule has 0 aromatic carbocycles. The third-order valence-corrected chi connectivity index (χ3v) is 2.98. The fourth-order valence-corrected chi connectivity index (χ4v) is 2.09. The van der Waals surface area contributed by atoms with Crippen molar-refractivity contribution in [3.8, 4) is 5.88 Å². The minimum absolute atomic E-state index is 0.673. The highest BCUT2D eigenvalue weighted by atomic mass is 16.5. The molecule has 0 unspecified atom stereocenters. The monoisotopic (exact) mass is 206 g/mol. The molecule has 1 aliphatic carbocycles. The molecule has 1 heterocycles. The predicted molar refractivity (Wildman–Crippen MR) is 61.2 cm³/mol. The van der Waals surface area contributed by atoms with Crippen molar-refractivity contribution >= 4 is 5.82 Å². The van der Waals surface area contributed by atoms with Crippen LogP contribution in [0.2, 0.25) is 0 Å². The molecule has 0 amide bonds. The zero-order valence-corrected chi connectivity index (χ0v) is 9.20. The van der Waals surface area contributed by atoms with Crippen molar-refractivity contribution in [2.24, 2.45) is 5.92 Å². The van der Waals surface area contributed by atoms with Gasteiger partial charge in [0.05, 0.1) is 7.11 Å². The molecule has 1 saturated carbocycles. The SMILES string of the molecule is COc1cccc(NCC2CCCC2)n1. The second kappa shape index (κ2) is 5.01. The van der Waals surface area contributed by atoms with E-state index in [1.54, 1.807) is 7.11 Å². The van der Waals surface area contributed by atoms with Crippen molar-refractivity contribution in [1.82, 2.24) is 4.98 Å². The third kappa shape index (κ3) is 2.85. The molecule has 0 spiro atoms. The molecule has 3 heteroatoms. The molecule has 0 aliphatic heterocycles. The Balaban J connectivity index is 1.86. The molecule has 1 aromatic heterocycles. The van der Waals surface area contributed by atoms with Crippen LogP contribution in [-0.2, 0) is 0 Å². The summed E-state index contributed by atoms with van der Waals surface area (Å²) >= 11 is 0. The summed E-state index contributed by atoms with van der Waals surface area (Å²) in [6, 6.07) is 5.81. The summed E-state index contributed by atoms with van der Waals surface area (Å²) in [6.07, 6.45) is 5.49. The number of nitrogens with one attached hydrogen (secondary N) is 1. The Morgan fingerprint density at radius 1 is 1.40 bits per heavy atom. The average molecular weight is 206 g/mol. The number of anilines is 1. The zero-order valence-electron chi connectivity index (χ0n) is 9.20. The van der Waals surface area contributed by atoms with Gasteiger partial charge in [0, 0.05) is 12.6 Å². The molecule has 15 heavy (non-hydrogen) atoms. The van der Waals surface area contributed by atoms with E-state index in [-0.39, 0.29) is 0 Å². The number of nitrogens with zero attached hydrogens (tertiary/aromatic N) is 1. The van der Waals surface area contributed by atoms with Crippen molar-refractivity contribution in [2.45, 2.75) is 25.7 Å². The standard InChI is InChI=1S/C12H18N2O/c1-15-12-8-4-7-11(14-12)13-9-10-5-2-3-6-10/h4,7-8,10H,2-3,5-6,9H2,1H3,(H,13,14). The molecule has 0 atom stereocenters. The molecule has 1 fully saturated rings. The van der Waals surface area contributed by atoms with Gasteiger partial charge in [0.15, 0.2) is 0 Å². The molecule has 0 radical (unpaired) electrons. The van der Waals surface area contributed by atoms with Crippen molar-refractivity contribution in [1.29, 1.82) is 0 Å². The molecule has 0 bridgehead atoms. The summed E-state index contributed by atoms with van der Waals surface area (Å²) in [4.78, 5) is 4.32. The maximum atomic E-state index is 5.08. The lowest BCUT2D eigenvalue weighted by atomic mass is 10.1. The van der Waals surface area contributed by atoms with Crippen molar-refractivity contribution < 1.29 is 4.74 Å². The third-order valence-electron chi connectivity index (χ3n) is 2.98. The molecular weight excluding hydrogens is 188 g/mol. The highest BCUT2D eigenvalue weighted by Gasteiger charge is 2.14. The van der Waals surface area contributed by atoms with E-state index in [0.29, 0.717) is 5.88 Å². The normalized spacial score (nSPS) is 16.6. The van der Waals surface area contributed by atoms with Gasteiger partial charge in [-0.1, -0.05) is 18.9 Å². The van der Waals surface area contributed by atoms with Crippen LogP contribution in [0.1, 0.15) is 25.7 Å². The van der Waals surface area contributed by atoms with Gasteiger partial charge in [-0.25, -0.2) is 0 Å². The zero-order chi connectivity index (χ0) is 10.5. The lowest BCUT2D eigenvalue weighted by Crippen LogP contribution is -2.11. The van der Waals surface area contributed by atoms with E-state index >= 15 is 0 Å². The van der Waals surface area contributed by atoms with E-state index in [0.717, 1.165) is 18.3 Å². The van der Waals surface area contributed by atoms with E-state index < -0.39 is 0 Å². The first-order valence-corrected chi connectivity index (χ1v) is 5.63. The van der Waals surface area contributed by atoms with Crippen molar-refractivity contribution in [3.63, 3.8) is 0 Å². The van der Waals surface area contributed by atoms with Gasteiger partial charge in [-0.3, -0.25) is 0 Å². The van der Waals surface area contributed by atoms with Crippen LogP contribution in [0.25, 0.3) is 0 Å². The highest BCUT2D eigenvalue weighted by molar-refractivity contribution is 5.36. The van der Waals surface area contributed by atoms with Crippen LogP contribution in [0.3, 0.4) is 0 Å². The number of aromatic nitrogens is 1. The van der Waals surface area contributed by atoms with Gasteiger partial charge in [0.1, 0.15) is 5.82 Å². The Labute approximate surface area is 90.9 Å². The van der Waals surface area contributed by atoms with Gasteiger partial charge in [-0.15, -0.1) is 0 Å². The fraction of sp³-hybridized carbons (Fsp3) is 0.583. The quantitative estimate of drug-likeness (QED) is 0.822. The van der Waals surface area contributed by atoms with E-state index in [4.69, 9.17) is 4.74 Å². The van der Waals surface area contributed by atoms with Crippen LogP contribution < -0.4 is 10.1 Å². The van der Waals surface area contributed by atoms with Gasteiger partial charge >= 0.3 is 0 Å². The lowest BCUT2D eigenvalue weighted by molar-refractivity contribution is 0.398. The van der Waals surface area contributed by atoms with Crippen LogP contribution in [0.4, 0.5) is 5.82 Å². The van der Waals surface area contributed by atoms with E-state index in [1.165, 1.54) is 25.7 Å².